The normalized spacial score (nSPS) is 10.6. The lowest BCUT2D eigenvalue weighted by Crippen LogP contribution is -2.20. The van der Waals surface area contributed by atoms with Crippen LogP contribution in [0.3, 0.4) is 0 Å². The van der Waals surface area contributed by atoms with Crippen LogP contribution in [0.1, 0.15) is 25.3 Å². The summed E-state index contributed by atoms with van der Waals surface area (Å²) in [6.45, 7) is 4.08. The van der Waals surface area contributed by atoms with Crippen molar-refractivity contribution in [2.24, 2.45) is 0 Å². The van der Waals surface area contributed by atoms with E-state index < -0.39 is 0 Å². The van der Waals surface area contributed by atoms with E-state index in [1.165, 1.54) is 19.8 Å². The van der Waals surface area contributed by atoms with E-state index >= 15 is 0 Å². The van der Waals surface area contributed by atoms with E-state index in [1.54, 1.807) is 12.1 Å². The number of halogens is 2. The predicted molar refractivity (Wildman–Crippen MR) is 107 cm³/mol. The largest absolute Gasteiger partial charge is 0.495 e. The van der Waals surface area contributed by atoms with Gasteiger partial charge in [0.25, 0.3) is 5.91 Å². The van der Waals surface area contributed by atoms with Crippen molar-refractivity contribution in [3.05, 3.63) is 45.4 Å². The Bertz CT molecular complexity index is 795. The van der Waals surface area contributed by atoms with Crippen molar-refractivity contribution in [3.8, 4) is 17.2 Å². The summed E-state index contributed by atoms with van der Waals surface area (Å²) >= 11 is 9.54. The van der Waals surface area contributed by atoms with Gasteiger partial charge >= 0.3 is 0 Å². The highest BCUT2D eigenvalue weighted by Gasteiger charge is 2.14. The van der Waals surface area contributed by atoms with E-state index in [-0.39, 0.29) is 12.5 Å². The summed E-state index contributed by atoms with van der Waals surface area (Å²) in [7, 11) is 3.00. The minimum absolute atomic E-state index is 0.145. The van der Waals surface area contributed by atoms with E-state index in [9.17, 15) is 4.79 Å². The first-order chi connectivity index (χ1) is 12.3. The van der Waals surface area contributed by atoms with Gasteiger partial charge in [-0.1, -0.05) is 31.5 Å². The average molecular weight is 443 g/mol. The van der Waals surface area contributed by atoms with Crippen LogP contribution >= 0.6 is 27.5 Å². The van der Waals surface area contributed by atoms with E-state index in [2.05, 4.69) is 35.1 Å². The van der Waals surface area contributed by atoms with Gasteiger partial charge in [0, 0.05) is 12.1 Å². The summed E-state index contributed by atoms with van der Waals surface area (Å²) in [4.78, 5) is 12.2. The highest BCUT2D eigenvalue weighted by molar-refractivity contribution is 9.10. The summed E-state index contributed by atoms with van der Waals surface area (Å²) < 4.78 is 16.8. The smallest absolute Gasteiger partial charge is 0.262 e. The molecule has 26 heavy (non-hydrogen) atoms. The van der Waals surface area contributed by atoms with Crippen molar-refractivity contribution < 1.29 is 19.0 Å². The third-order valence-corrected chi connectivity index (χ3v) is 4.64. The first kappa shape index (κ1) is 20.4. The Morgan fingerprint density at radius 2 is 1.81 bits per heavy atom. The molecule has 0 aliphatic carbocycles. The second-order valence-electron chi connectivity index (χ2n) is 5.87. The predicted octanol–water partition coefficient (Wildman–Crippen LogP) is 5.26. The van der Waals surface area contributed by atoms with Gasteiger partial charge in [0.15, 0.2) is 6.61 Å². The quantitative estimate of drug-likeness (QED) is 0.635. The van der Waals surface area contributed by atoms with Gasteiger partial charge in [0.2, 0.25) is 0 Å². The number of anilines is 1. The molecule has 1 N–H and O–H groups in total. The van der Waals surface area contributed by atoms with Crippen LogP contribution in [0.5, 0.6) is 17.2 Å². The molecule has 7 heteroatoms. The average Bonchev–Trinajstić information content (AvgIpc) is 2.61. The molecule has 0 aliphatic heterocycles. The van der Waals surface area contributed by atoms with Crippen LogP contribution < -0.4 is 19.5 Å². The molecule has 0 radical (unpaired) electrons. The van der Waals surface area contributed by atoms with Gasteiger partial charge in [-0.25, -0.2) is 0 Å². The third-order valence-electron chi connectivity index (χ3n) is 3.73. The first-order valence-corrected chi connectivity index (χ1v) is 9.16. The molecular weight excluding hydrogens is 422 g/mol. The molecule has 2 rings (SSSR count). The summed E-state index contributed by atoms with van der Waals surface area (Å²) in [5.74, 6) is 1.57. The zero-order valence-electron chi connectivity index (χ0n) is 15.1. The molecule has 0 saturated carbocycles. The van der Waals surface area contributed by atoms with E-state index in [4.69, 9.17) is 25.8 Å². The Labute approximate surface area is 166 Å². The van der Waals surface area contributed by atoms with E-state index in [0.717, 1.165) is 4.47 Å². The molecule has 0 aromatic heterocycles. The molecule has 2 aromatic rings. The van der Waals surface area contributed by atoms with Gasteiger partial charge in [-0.05, 0) is 39.5 Å². The zero-order valence-corrected chi connectivity index (χ0v) is 17.4. The summed E-state index contributed by atoms with van der Waals surface area (Å²) in [6, 6.07) is 9.00. The second-order valence-corrected chi connectivity index (χ2v) is 7.13. The molecule has 1 amide bonds. The fourth-order valence-corrected chi connectivity index (χ4v) is 3.02. The SMILES string of the molecule is COc1cc(NC(=O)COc2ccc(C(C)C)cc2Br)c(OC)cc1Cl. The monoisotopic (exact) mass is 441 g/mol. The van der Waals surface area contributed by atoms with Gasteiger partial charge in [-0.3, -0.25) is 4.79 Å². The summed E-state index contributed by atoms with van der Waals surface area (Å²) in [5.41, 5.74) is 1.64. The fourth-order valence-electron chi connectivity index (χ4n) is 2.28. The maximum absolute atomic E-state index is 12.2. The highest BCUT2D eigenvalue weighted by Crippen LogP contribution is 2.36. The Morgan fingerprint density at radius 3 is 2.38 bits per heavy atom. The summed E-state index contributed by atoms with van der Waals surface area (Å²) in [5, 5.41) is 3.14. The van der Waals surface area contributed by atoms with Crippen LogP contribution in [0.4, 0.5) is 5.69 Å². The van der Waals surface area contributed by atoms with Gasteiger partial charge in [0.05, 0.1) is 29.4 Å². The molecule has 0 saturated heterocycles. The number of nitrogens with one attached hydrogen (secondary N) is 1. The maximum Gasteiger partial charge on any atom is 0.262 e. The number of methoxy groups -OCH3 is 2. The number of ether oxygens (including phenoxy) is 3. The molecule has 0 heterocycles. The number of rotatable bonds is 7. The molecule has 0 atom stereocenters. The van der Waals surface area contributed by atoms with Gasteiger partial charge in [-0.15, -0.1) is 0 Å². The highest BCUT2D eigenvalue weighted by atomic mass is 79.9. The van der Waals surface area contributed by atoms with Crippen molar-refractivity contribution >= 4 is 39.1 Å². The lowest BCUT2D eigenvalue weighted by atomic mass is 10.0. The Kier molecular flexibility index (Phi) is 7.17. The molecule has 2 aromatic carbocycles. The molecule has 5 nitrogen and oxygen atoms in total. The number of benzene rings is 2. The molecule has 0 aliphatic rings. The number of carbonyl (C=O) groups excluding carboxylic acids is 1. The minimum atomic E-state index is -0.326. The van der Waals surface area contributed by atoms with E-state index in [0.29, 0.717) is 33.9 Å². The molecule has 0 bridgehead atoms. The van der Waals surface area contributed by atoms with Crippen LogP contribution in [0.25, 0.3) is 0 Å². The third kappa shape index (κ3) is 5.05. The number of carbonyl (C=O) groups is 1. The van der Waals surface area contributed by atoms with Crippen LogP contribution in [0, 0.1) is 0 Å². The van der Waals surface area contributed by atoms with Gasteiger partial charge in [-0.2, -0.15) is 0 Å². The van der Waals surface area contributed by atoms with Crippen molar-refractivity contribution in [3.63, 3.8) is 0 Å². The molecule has 0 fully saturated rings. The first-order valence-electron chi connectivity index (χ1n) is 7.99. The summed E-state index contributed by atoms with van der Waals surface area (Å²) in [6.07, 6.45) is 0. The number of amides is 1. The van der Waals surface area contributed by atoms with Crippen LogP contribution in [-0.2, 0) is 4.79 Å². The van der Waals surface area contributed by atoms with Crippen molar-refractivity contribution in [2.45, 2.75) is 19.8 Å². The lowest BCUT2D eigenvalue weighted by Gasteiger charge is -2.14. The molecule has 0 unspecified atom stereocenters. The van der Waals surface area contributed by atoms with Crippen molar-refractivity contribution in [1.29, 1.82) is 0 Å². The Morgan fingerprint density at radius 1 is 1.12 bits per heavy atom. The van der Waals surface area contributed by atoms with Crippen LogP contribution in [0.15, 0.2) is 34.8 Å². The number of hydrogen-bond acceptors (Lipinski definition) is 4. The lowest BCUT2D eigenvalue weighted by molar-refractivity contribution is -0.118. The second kappa shape index (κ2) is 9.14. The van der Waals surface area contributed by atoms with Crippen molar-refractivity contribution in [2.75, 3.05) is 26.1 Å². The van der Waals surface area contributed by atoms with Gasteiger partial charge < -0.3 is 19.5 Å². The Balaban J connectivity index is 2.05. The standard InChI is InChI=1S/C19H21BrClNO4/c1-11(2)12-5-6-16(13(20)7-12)26-10-19(23)22-15-9-17(24-3)14(21)8-18(15)25-4/h5-9,11H,10H2,1-4H3,(H,22,23). The van der Waals surface area contributed by atoms with Crippen LogP contribution in [0.2, 0.25) is 5.02 Å². The van der Waals surface area contributed by atoms with E-state index in [1.807, 2.05) is 18.2 Å². The van der Waals surface area contributed by atoms with Gasteiger partial charge in [0.1, 0.15) is 17.2 Å². The zero-order chi connectivity index (χ0) is 19.3. The topological polar surface area (TPSA) is 56.8 Å². The molecule has 140 valence electrons. The fraction of sp³-hybridized carbons (Fsp3) is 0.316. The minimum Gasteiger partial charge on any atom is -0.495 e. The molecular formula is C19H21BrClNO4. The number of hydrogen-bond donors (Lipinski definition) is 1. The Hall–Kier alpha value is -1.92. The van der Waals surface area contributed by atoms with Crippen molar-refractivity contribution in [1.82, 2.24) is 0 Å². The molecule has 0 spiro atoms. The maximum atomic E-state index is 12.2. The van der Waals surface area contributed by atoms with Crippen LogP contribution in [-0.4, -0.2) is 26.7 Å².